The molecule has 0 radical (unpaired) electrons. The van der Waals surface area contributed by atoms with Crippen molar-refractivity contribution >= 4 is 17.7 Å². The number of carboxylic acids is 1. The van der Waals surface area contributed by atoms with Gasteiger partial charge < -0.3 is 14.7 Å². The Bertz CT molecular complexity index is 977. The van der Waals surface area contributed by atoms with Crippen molar-refractivity contribution in [3.63, 3.8) is 0 Å². The first-order valence-corrected chi connectivity index (χ1v) is 10.1. The molecule has 2 fully saturated rings. The molecule has 3 atom stereocenters. The topological polar surface area (TPSA) is 102 Å². The van der Waals surface area contributed by atoms with E-state index in [4.69, 9.17) is 9.84 Å². The van der Waals surface area contributed by atoms with Crippen LogP contribution in [0.15, 0.2) is 48.6 Å². The van der Waals surface area contributed by atoms with Crippen LogP contribution in [0, 0.1) is 11.8 Å². The van der Waals surface area contributed by atoms with Crippen LogP contribution in [0.1, 0.15) is 37.2 Å². The normalized spacial score (nSPS) is 24.2. The molecule has 1 amide bonds. The molecule has 1 N–H and O–H groups in total. The maximum atomic E-state index is 12.7. The Labute approximate surface area is 174 Å². The minimum Gasteiger partial charge on any atom is -0.489 e. The number of rotatable bonds is 5. The van der Waals surface area contributed by atoms with Crippen LogP contribution in [-0.4, -0.2) is 60.8 Å². The lowest BCUT2D eigenvalue weighted by molar-refractivity contribution is 0.0689. The van der Waals surface area contributed by atoms with Gasteiger partial charge in [0.15, 0.2) is 5.69 Å². The second kappa shape index (κ2) is 8.17. The molecule has 2 aliphatic rings. The van der Waals surface area contributed by atoms with Gasteiger partial charge in [-0.1, -0.05) is 6.08 Å². The number of ether oxygens (including phenoxy) is 1. The Balaban J connectivity index is 1.36. The van der Waals surface area contributed by atoms with E-state index in [0.29, 0.717) is 24.9 Å². The average molecular weight is 411 g/mol. The molecule has 1 saturated carbocycles. The molecule has 2 aromatic rings. The largest absolute Gasteiger partial charge is 0.489 e. The summed E-state index contributed by atoms with van der Waals surface area (Å²) in [6.45, 7) is 5.18. The minimum absolute atomic E-state index is 0.0947. The number of aromatic carboxylic acids is 1. The predicted molar refractivity (Wildman–Crippen MR) is 109 cm³/mol. The quantitative estimate of drug-likeness (QED) is 0.599. The fourth-order valence-electron chi connectivity index (χ4n) is 4.44. The van der Waals surface area contributed by atoms with E-state index >= 15 is 0 Å². The summed E-state index contributed by atoms with van der Waals surface area (Å²) in [6, 6.07) is 2.93. The van der Waals surface area contributed by atoms with Crippen molar-refractivity contribution in [2.45, 2.75) is 32.8 Å². The van der Waals surface area contributed by atoms with Crippen molar-refractivity contribution in [3.8, 4) is 0 Å². The zero-order valence-electron chi connectivity index (χ0n) is 17.0. The van der Waals surface area contributed by atoms with Crippen LogP contribution < -0.4 is 0 Å². The van der Waals surface area contributed by atoms with E-state index in [-0.39, 0.29) is 17.8 Å². The Morgan fingerprint density at radius 3 is 2.40 bits per heavy atom. The standard InChI is InChI=1S/C21H25N5O4/c1-3-18(25-8-5-7-22-25)19(4-2)30-16-10-14-12-24(13-15(14)11-16)21(29)26-9-6-17(23-26)20(27)28/h3-9,14-16H,10-13H2,1-2H3,(H,27,28)/b18-3+,19-4+/t14-,15+,16?. The van der Waals surface area contributed by atoms with Gasteiger partial charge in [-0.05, 0) is 56.7 Å². The molecule has 1 saturated heterocycles. The number of carboxylic acid groups (broad SMARTS) is 1. The molecule has 2 aromatic heterocycles. The fraction of sp³-hybridized carbons (Fsp3) is 0.429. The van der Waals surface area contributed by atoms with Crippen LogP contribution in [0.2, 0.25) is 0 Å². The van der Waals surface area contributed by atoms with Gasteiger partial charge in [0.2, 0.25) is 0 Å². The number of fused-ring (bicyclic) bond motifs is 1. The van der Waals surface area contributed by atoms with Crippen LogP contribution in [-0.2, 0) is 4.74 Å². The summed E-state index contributed by atoms with van der Waals surface area (Å²) in [5, 5.41) is 17.1. The molecular formula is C21H25N5O4. The fourth-order valence-corrected chi connectivity index (χ4v) is 4.44. The molecule has 3 heterocycles. The molecule has 1 aliphatic carbocycles. The van der Waals surface area contributed by atoms with Gasteiger partial charge in [-0.2, -0.15) is 14.9 Å². The molecule has 9 heteroatoms. The molecule has 1 unspecified atom stereocenters. The van der Waals surface area contributed by atoms with Gasteiger partial charge in [-0.15, -0.1) is 0 Å². The van der Waals surface area contributed by atoms with E-state index in [1.165, 1.54) is 12.3 Å². The summed E-state index contributed by atoms with van der Waals surface area (Å²) in [4.78, 5) is 25.4. The second-order valence-electron chi connectivity index (χ2n) is 7.65. The van der Waals surface area contributed by atoms with Gasteiger partial charge in [0.1, 0.15) is 11.5 Å². The number of amides is 1. The molecule has 0 aromatic carbocycles. The third-order valence-electron chi connectivity index (χ3n) is 5.82. The monoisotopic (exact) mass is 411 g/mol. The zero-order chi connectivity index (χ0) is 21.3. The van der Waals surface area contributed by atoms with E-state index < -0.39 is 5.97 Å². The summed E-state index contributed by atoms with van der Waals surface area (Å²) in [5.41, 5.74) is 0.774. The SMILES string of the molecule is C/C=C(OC1C[C@@H]2CN(C(=O)n3ccc(C(=O)O)n3)C[C@@H]2C1)\C(=C/C)n1cccn1. The van der Waals surface area contributed by atoms with Crippen LogP contribution >= 0.6 is 0 Å². The third-order valence-corrected chi connectivity index (χ3v) is 5.82. The minimum atomic E-state index is -1.14. The third kappa shape index (κ3) is 3.74. The van der Waals surface area contributed by atoms with E-state index in [9.17, 15) is 9.59 Å². The molecule has 9 nitrogen and oxygen atoms in total. The molecule has 158 valence electrons. The first-order valence-electron chi connectivity index (χ1n) is 10.1. The van der Waals surface area contributed by atoms with E-state index in [0.717, 1.165) is 29.0 Å². The first kappa shape index (κ1) is 19.9. The molecule has 4 rings (SSSR count). The Kier molecular flexibility index (Phi) is 5.43. The van der Waals surface area contributed by atoms with Crippen LogP contribution in [0.3, 0.4) is 0 Å². The summed E-state index contributed by atoms with van der Waals surface area (Å²) < 4.78 is 9.23. The molecular weight excluding hydrogens is 386 g/mol. The molecule has 0 bridgehead atoms. The van der Waals surface area contributed by atoms with Gasteiger partial charge in [0.05, 0.1) is 6.10 Å². The second-order valence-corrected chi connectivity index (χ2v) is 7.65. The average Bonchev–Trinajstić information content (AvgIpc) is 3.50. The Hall–Kier alpha value is -3.36. The summed E-state index contributed by atoms with van der Waals surface area (Å²) >= 11 is 0. The van der Waals surface area contributed by atoms with Gasteiger partial charge in [-0.25, -0.2) is 14.3 Å². The highest BCUT2D eigenvalue weighted by Gasteiger charge is 2.44. The number of hydrogen-bond donors (Lipinski definition) is 1. The number of aromatic nitrogens is 4. The van der Waals surface area contributed by atoms with Gasteiger partial charge in [0, 0.05) is 31.7 Å². The molecule has 1 aliphatic heterocycles. The van der Waals surface area contributed by atoms with Crippen LogP contribution in [0.25, 0.3) is 5.70 Å². The van der Waals surface area contributed by atoms with Gasteiger partial charge in [-0.3, -0.25) is 0 Å². The van der Waals surface area contributed by atoms with E-state index in [2.05, 4.69) is 10.2 Å². The summed E-state index contributed by atoms with van der Waals surface area (Å²) in [7, 11) is 0. The van der Waals surface area contributed by atoms with Crippen molar-refractivity contribution in [1.29, 1.82) is 0 Å². The predicted octanol–water partition coefficient (Wildman–Crippen LogP) is 2.94. The van der Waals surface area contributed by atoms with Crippen molar-refractivity contribution in [3.05, 3.63) is 54.3 Å². The van der Waals surface area contributed by atoms with Gasteiger partial charge in [0.25, 0.3) is 0 Å². The van der Waals surface area contributed by atoms with Crippen LogP contribution in [0.5, 0.6) is 0 Å². The molecule has 30 heavy (non-hydrogen) atoms. The van der Waals surface area contributed by atoms with E-state index in [1.807, 2.05) is 38.3 Å². The summed E-state index contributed by atoms with van der Waals surface area (Å²) in [6.07, 6.45) is 10.8. The number of allylic oxidation sites excluding steroid dienone is 3. The van der Waals surface area contributed by atoms with Crippen LogP contribution in [0.4, 0.5) is 4.79 Å². The Morgan fingerprint density at radius 2 is 1.87 bits per heavy atom. The molecule has 0 spiro atoms. The lowest BCUT2D eigenvalue weighted by Crippen LogP contribution is -2.34. The highest BCUT2D eigenvalue weighted by atomic mass is 16.5. The first-order chi connectivity index (χ1) is 14.5. The van der Waals surface area contributed by atoms with Crippen molar-refractivity contribution in [1.82, 2.24) is 24.5 Å². The zero-order valence-corrected chi connectivity index (χ0v) is 17.0. The maximum absolute atomic E-state index is 12.7. The number of nitrogens with zero attached hydrogens (tertiary/aromatic N) is 5. The number of likely N-dealkylation sites (tertiary alicyclic amines) is 1. The number of hydrogen-bond acceptors (Lipinski definition) is 5. The lowest BCUT2D eigenvalue weighted by Gasteiger charge is -2.22. The van der Waals surface area contributed by atoms with Crippen molar-refractivity contribution in [2.24, 2.45) is 11.8 Å². The maximum Gasteiger partial charge on any atom is 0.356 e. The summed E-state index contributed by atoms with van der Waals surface area (Å²) in [5.74, 6) is 0.391. The Morgan fingerprint density at radius 1 is 1.13 bits per heavy atom. The number of carbonyl (C=O) groups excluding carboxylic acids is 1. The van der Waals surface area contributed by atoms with Crippen molar-refractivity contribution < 1.29 is 19.4 Å². The smallest absolute Gasteiger partial charge is 0.356 e. The highest BCUT2D eigenvalue weighted by Crippen LogP contribution is 2.41. The van der Waals surface area contributed by atoms with Crippen molar-refractivity contribution in [2.75, 3.05) is 13.1 Å². The van der Waals surface area contributed by atoms with Gasteiger partial charge >= 0.3 is 12.0 Å². The van der Waals surface area contributed by atoms with E-state index in [1.54, 1.807) is 15.8 Å². The highest BCUT2D eigenvalue weighted by molar-refractivity contribution is 5.86. The lowest BCUT2D eigenvalue weighted by atomic mass is 10.0. The number of carbonyl (C=O) groups is 2.